The van der Waals surface area contributed by atoms with E-state index in [-0.39, 0.29) is 18.2 Å². The Hall–Kier alpha value is -3.01. The van der Waals surface area contributed by atoms with Crippen molar-refractivity contribution in [3.05, 3.63) is 73.9 Å². The number of aryl methyl sites for hydroxylation is 2. The lowest BCUT2D eigenvalue weighted by atomic mass is 10.1. The Bertz CT molecular complexity index is 1260. The van der Waals surface area contributed by atoms with Crippen molar-refractivity contribution in [2.45, 2.75) is 26.8 Å². The number of rotatable bonds is 7. The molecule has 164 valence electrons. The first-order valence-corrected chi connectivity index (χ1v) is 11.7. The van der Waals surface area contributed by atoms with Gasteiger partial charge in [0.1, 0.15) is 10.8 Å². The van der Waals surface area contributed by atoms with Crippen LogP contribution in [0.25, 0.3) is 11.3 Å². The van der Waals surface area contributed by atoms with Gasteiger partial charge in [0.2, 0.25) is 5.91 Å². The number of nitrogens with zero attached hydrogens (tertiary/aromatic N) is 2. The van der Waals surface area contributed by atoms with Gasteiger partial charge in [0.05, 0.1) is 36.2 Å². The molecule has 0 unspecified atom stereocenters. The maximum atomic E-state index is 12.4. The number of carbonyl (C=O) groups excluding carboxylic acids is 2. The number of thiazole rings is 2. The molecule has 0 saturated carbocycles. The third-order valence-electron chi connectivity index (χ3n) is 4.61. The second-order valence-corrected chi connectivity index (χ2v) is 9.54. The zero-order valence-corrected chi connectivity index (χ0v) is 19.7. The minimum absolute atomic E-state index is 0.117. The van der Waals surface area contributed by atoms with Crippen molar-refractivity contribution in [3.8, 4) is 11.3 Å². The van der Waals surface area contributed by atoms with Crippen molar-refractivity contribution in [2.24, 2.45) is 0 Å². The standard InChI is InChI=1S/C22H19ClN4O3S2/c1-12-17(7-8-30-12)21(29)27-22-25-16(11-31-22)9-18(28)24-10-19-26-20(13(2)32-19)14-3-5-15(23)6-4-14/h3-8,11H,9-10H2,1-2H3,(H,24,28)(H,25,27,29). The molecule has 10 heteroatoms. The number of aromatic nitrogens is 2. The Labute approximate surface area is 197 Å². The topological polar surface area (TPSA) is 97.1 Å². The lowest BCUT2D eigenvalue weighted by molar-refractivity contribution is -0.120. The van der Waals surface area contributed by atoms with Gasteiger partial charge in [-0.2, -0.15) is 0 Å². The zero-order chi connectivity index (χ0) is 22.7. The molecular formula is C22H19ClN4O3S2. The maximum Gasteiger partial charge on any atom is 0.260 e. The molecule has 7 nitrogen and oxygen atoms in total. The molecule has 0 atom stereocenters. The number of halogens is 1. The molecule has 0 aliphatic rings. The SMILES string of the molecule is Cc1occc1C(=O)Nc1nc(CC(=O)NCc2nc(-c3ccc(Cl)cc3)c(C)s2)cs1. The molecule has 4 rings (SSSR count). The normalized spacial score (nSPS) is 10.8. The molecule has 1 aromatic carbocycles. The van der Waals surface area contributed by atoms with Crippen LogP contribution >= 0.6 is 34.3 Å². The molecule has 32 heavy (non-hydrogen) atoms. The van der Waals surface area contributed by atoms with Gasteiger partial charge < -0.3 is 9.73 Å². The molecule has 0 bridgehead atoms. The second kappa shape index (κ2) is 9.64. The van der Waals surface area contributed by atoms with Gasteiger partial charge in [0.25, 0.3) is 5.91 Å². The summed E-state index contributed by atoms with van der Waals surface area (Å²) >= 11 is 8.77. The monoisotopic (exact) mass is 486 g/mol. The Balaban J connectivity index is 1.31. The lowest BCUT2D eigenvalue weighted by Gasteiger charge is -2.02. The molecule has 0 aliphatic carbocycles. The number of hydrogen-bond acceptors (Lipinski definition) is 7. The van der Waals surface area contributed by atoms with E-state index in [1.165, 1.54) is 17.6 Å². The largest absolute Gasteiger partial charge is 0.469 e. The van der Waals surface area contributed by atoms with Gasteiger partial charge in [-0.3, -0.25) is 14.9 Å². The van der Waals surface area contributed by atoms with E-state index < -0.39 is 0 Å². The summed E-state index contributed by atoms with van der Waals surface area (Å²) in [5, 5.41) is 9.29. The molecule has 3 aromatic heterocycles. The summed E-state index contributed by atoms with van der Waals surface area (Å²) in [5.41, 5.74) is 2.92. The zero-order valence-electron chi connectivity index (χ0n) is 17.3. The fraction of sp³-hybridized carbons (Fsp3) is 0.182. The van der Waals surface area contributed by atoms with E-state index in [1.807, 2.05) is 31.2 Å². The van der Waals surface area contributed by atoms with E-state index in [2.05, 4.69) is 20.6 Å². The highest BCUT2D eigenvalue weighted by atomic mass is 35.5. The Morgan fingerprint density at radius 1 is 1.12 bits per heavy atom. The van der Waals surface area contributed by atoms with Crippen LogP contribution in [0.15, 0.2) is 46.4 Å². The summed E-state index contributed by atoms with van der Waals surface area (Å²) in [5.74, 6) is 0.0762. The Kier molecular flexibility index (Phi) is 6.69. The van der Waals surface area contributed by atoms with Crippen molar-refractivity contribution < 1.29 is 14.0 Å². The third kappa shape index (κ3) is 5.24. The van der Waals surface area contributed by atoms with Crippen molar-refractivity contribution in [1.82, 2.24) is 15.3 Å². The van der Waals surface area contributed by atoms with Crippen LogP contribution in [0.4, 0.5) is 5.13 Å². The molecule has 4 aromatic rings. The van der Waals surface area contributed by atoms with Gasteiger partial charge in [-0.15, -0.1) is 22.7 Å². The van der Waals surface area contributed by atoms with Crippen LogP contribution in [0.1, 0.15) is 31.7 Å². The fourth-order valence-corrected chi connectivity index (χ4v) is 4.76. The highest BCUT2D eigenvalue weighted by Gasteiger charge is 2.15. The molecule has 0 saturated heterocycles. The molecule has 3 heterocycles. The van der Waals surface area contributed by atoms with Crippen LogP contribution in [0.2, 0.25) is 5.02 Å². The van der Waals surface area contributed by atoms with Crippen LogP contribution in [0.5, 0.6) is 0 Å². The second-order valence-electron chi connectivity index (χ2n) is 6.96. The number of hydrogen-bond donors (Lipinski definition) is 2. The van der Waals surface area contributed by atoms with Gasteiger partial charge in [-0.25, -0.2) is 9.97 Å². The number of nitrogens with one attached hydrogen (secondary N) is 2. The lowest BCUT2D eigenvalue weighted by Crippen LogP contribution is -2.24. The van der Waals surface area contributed by atoms with E-state index >= 15 is 0 Å². The van der Waals surface area contributed by atoms with E-state index in [0.29, 0.717) is 33.7 Å². The van der Waals surface area contributed by atoms with Gasteiger partial charge in [-0.05, 0) is 32.0 Å². The highest BCUT2D eigenvalue weighted by molar-refractivity contribution is 7.14. The molecular weight excluding hydrogens is 468 g/mol. The number of furan rings is 1. The van der Waals surface area contributed by atoms with E-state index in [4.69, 9.17) is 16.0 Å². The maximum absolute atomic E-state index is 12.4. The summed E-state index contributed by atoms with van der Waals surface area (Å²) in [7, 11) is 0. The predicted molar refractivity (Wildman–Crippen MR) is 126 cm³/mol. The average molecular weight is 487 g/mol. The van der Waals surface area contributed by atoms with Gasteiger partial charge in [0.15, 0.2) is 5.13 Å². The Morgan fingerprint density at radius 2 is 1.91 bits per heavy atom. The van der Waals surface area contributed by atoms with Gasteiger partial charge in [-0.1, -0.05) is 23.7 Å². The van der Waals surface area contributed by atoms with Crippen molar-refractivity contribution in [2.75, 3.05) is 5.32 Å². The van der Waals surface area contributed by atoms with Crippen LogP contribution < -0.4 is 10.6 Å². The molecule has 0 radical (unpaired) electrons. The highest BCUT2D eigenvalue weighted by Crippen LogP contribution is 2.28. The first-order chi connectivity index (χ1) is 15.4. The molecule has 2 amide bonds. The van der Waals surface area contributed by atoms with E-state index in [1.54, 1.807) is 29.7 Å². The quantitative estimate of drug-likeness (QED) is 0.372. The minimum Gasteiger partial charge on any atom is -0.469 e. The number of amides is 2. The van der Waals surface area contributed by atoms with Crippen LogP contribution in [0.3, 0.4) is 0 Å². The van der Waals surface area contributed by atoms with Crippen LogP contribution in [0, 0.1) is 13.8 Å². The van der Waals surface area contributed by atoms with Gasteiger partial charge in [0, 0.05) is 20.8 Å². The summed E-state index contributed by atoms with van der Waals surface area (Å²) in [6, 6.07) is 9.12. The summed E-state index contributed by atoms with van der Waals surface area (Å²) in [6.07, 6.45) is 1.58. The minimum atomic E-state index is -0.294. The number of carbonyl (C=O) groups is 2. The summed E-state index contributed by atoms with van der Waals surface area (Å²) in [6.45, 7) is 4.06. The van der Waals surface area contributed by atoms with E-state index in [9.17, 15) is 9.59 Å². The first-order valence-electron chi connectivity index (χ1n) is 9.68. The van der Waals surface area contributed by atoms with Crippen molar-refractivity contribution in [3.63, 3.8) is 0 Å². The molecule has 0 aliphatic heterocycles. The van der Waals surface area contributed by atoms with Crippen molar-refractivity contribution >= 4 is 51.2 Å². The number of benzene rings is 1. The summed E-state index contributed by atoms with van der Waals surface area (Å²) in [4.78, 5) is 34.6. The Morgan fingerprint density at radius 3 is 2.62 bits per heavy atom. The number of anilines is 1. The van der Waals surface area contributed by atoms with Crippen molar-refractivity contribution in [1.29, 1.82) is 0 Å². The molecule has 2 N–H and O–H groups in total. The fourth-order valence-electron chi connectivity index (χ4n) is 3.03. The molecule has 0 fully saturated rings. The van der Waals surface area contributed by atoms with E-state index in [0.717, 1.165) is 21.1 Å². The smallest absolute Gasteiger partial charge is 0.260 e. The molecule has 0 spiro atoms. The first kappa shape index (κ1) is 22.2. The third-order valence-corrected chi connectivity index (χ3v) is 6.64. The van der Waals surface area contributed by atoms with Crippen LogP contribution in [-0.4, -0.2) is 21.8 Å². The predicted octanol–water partition coefficient (Wildman–Crippen LogP) is 5.24. The van der Waals surface area contributed by atoms with Crippen LogP contribution in [-0.2, 0) is 17.8 Å². The summed E-state index contributed by atoms with van der Waals surface area (Å²) < 4.78 is 5.14. The van der Waals surface area contributed by atoms with Gasteiger partial charge >= 0.3 is 0 Å². The average Bonchev–Trinajstić information content (AvgIpc) is 3.47.